The van der Waals surface area contributed by atoms with Crippen LogP contribution in [0.1, 0.15) is 25.5 Å². The number of nitrogens with zero attached hydrogens (tertiary/aromatic N) is 2. The van der Waals surface area contributed by atoms with E-state index in [1.807, 2.05) is 6.92 Å². The second kappa shape index (κ2) is 4.19. The summed E-state index contributed by atoms with van der Waals surface area (Å²) in [5.74, 6) is 0.466. The van der Waals surface area contributed by atoms with E-state index < -0.39 is 0 Å². The van der Waals surface area contributed by atoms with E-state index in [2.05, 4.69) is 5.10 Å². The third-order valence-electron chi connectivity index (χ3n) is 2.52. The standard InChI is InChI=1S/C11H13ClN2O/c1-2-14-10(9(12)7-13-14)5-6-11(15)8-3-4-8/h5-8H,2-4H2,1H3/b6-5+. The van der Waals surface area contributed by atoms with Gasteiger partial charge in [-0.15, -0.1) is 0 Å². The molecule has 1 saturated carbocycles. The maximum absolute atomic E-state index is 11.5. The normalized spacial score (nSPS) is 16.1. The molecule has 0 saturated heterocycles. The molecule has 0 aliphatic heterocycles. The summed E-state index contributed by atoms with van der Waals surface area (Å²) in [5.41, 5.74) is 0.813. The Morgan fingerprint density at radius 3 is 3.07 bits per heavy atom. The summed E-state index contributed by atoms with van der Waals surface area (Å²) in [5, 5.41) is 4.69. The second-order valence-electron chi connectivity index (χ2n) is 3.70. The van der Waals surface area contributed by atoms with Gasteiger partial charge in [0, 0.05) is 12.5 Å². The number of hydrogen-bond donors (Lipinski definition) is 0. The predicted octanol–water partition coefficient (Wildman–Crippen LogP) is 2.55. The molecule has 2 rings (SSSR count). The van der Waals surface area contributed by atoms with Gasteiger partial charge in [-0.2, -0.15) is 5.10 Å². The number of carbonyl (C=O) groups is 1. The van der Waals surface area contributed by atoms with Crippen LogP contribution in [0.4, 0.5) is 0 Å². The van der Waals surface area contributed by atoms with Gasteiger partial charge in [0.15, 0.2) is 5.78 Å². The number of ketones is 1. The van der Waals surface area contributed by atoms with Crippen LogP contribution in [-0.2, 0) is 11.3 Å². The van der Waals surface area contributed by atoms with Crippen molar-refractivity contribution in [1.29, 1.82) is 0 Å². The summed E-state index contributed by atoms with van der Waals surface area (Å²) in [6.07, 6.45) is 7.05. The van der Waals surface area contributed by atoms with E-state index >= 15 is 0 Å². The summed E-state index contributed by atoms with van der Waals surface area (Å²) < 4.78 is 1.78. The van der Waals surface area contributed by atoms with Gasteiger partial charge in [0.05, 0.1) is 16.9 Å². The molecule has 80 valence electrons. The molecule has 1 aromatic rings. The molecule has 15 heavy (non-hydrogen) atoms. The monoisotopic (exact) mass is 224 g/mol. The van der Waals surface area contributed by atoms with Gasteiger partial charge in [0.25, 0.3) is 0 Å². The van der Waals surface area contributed by atoms with Gasteiger partial charge in [0.1, 0.15) is 0 Å². The number of aryl methyl sites for hydroxylation is 1. The van der Waals surface area contributed by atoms with Gasteiger partial charge < -0.3 is 0 Å². The Kier molecular flexibility index (Phi) is 2.91. The Bertz CT molecular complexity index is 405. The summed E-state index contributed by atoms with van der Waals surface area (Å²) in [6.45, 7) is 2.74. The molecule has 1 aromatic heterocycles. The first kappa shape index (κ1) is 10.4. The van der Waals surface area contributed by atoms with Gasteiger partial charge in [-0.1, -0.05) is 11.6 Å². The van der Waals surface area contributed by atoms with E-state index in [-0.39, 0.29) is 11.7 Å². The molecule has 1 aliphatic rings. The fourth-order valence-electron chi connectivity index (χ4n) is 1.45. The molecule has 0 bridgehead atoms. The molecule has 0 unspecified atom stereocenters. The molecule has 3 nitrogen and oxygen atoms in total. The number of allylic oxidation sites excluding steroid dienone is 1. The van der Waals surface area contributed by atoms with Gasteiger partial charge in [-0.25, -0.2) is 0 Å². The molecule has 0 spiro atoms. The highest BCUT2D eigenvalue weighted by Crippen LogP contribution is 2.30. The van der Waals surface area contributed by atoms with Gasteiger partial charge >= 0.3 is 0 Å². The van der Waals surface area contributed by atoms with E-state index in [4.69, 9.17) is 11.6 Å². The molecule has 0 aromatic carbocycles. The van der Waals surface area contributed by atoms with Crippen LogP contribution in [0.3, 0.4) is 0 Å². The Morgan fingerprint density at radius 2 is 2.47 bits per heavy atom. The van der Waals surface area contributed by atoms with Gasteiger partial charge in [-0.05, 0) is 31.9 Å². The molecule has 0 N–H and O–H groups in total. The lowest BCUT2D eigenvalue weighted by atomic mass is 10.2. The zero-order valence-electron chi connectivity index (χ0n) is 8.61. The average Bonchev–Trinajstić information content (AvgIpc) is 3.01. The fraction of sp³-hybridized carbons (Fsp3) is 0.455. The molecule has 4 heteroatoms. The van der Waals surface area contributed by atoms with Crippen LogP contribution in [-0.4, -0.2) is 15.6 Å². The molecular formula is C11H13ClN2O. The van der Waals surface area contributed by atoms with Crippen molar-refractivity contribution in [2.24, 2.45) is 5.92 Å². The lowest BCUT2D eigenvalue weighted by Gasteiger charge is -1.99. The zero-order valence-corrected chi connectivity index (χ0v) is 9.37. The van der Waals surface area contributed by atoms with Crippen molar-refractivity contribution >= 4 is 23.5 Å². The Balaban J connectivity index is 2.14. The Hall–Kier alpha value is -1.09. The number of rotatable bonds is 4. The van der Waals surface area contributed by atoms with Crippen LogP contribution in [0.2, 0.25) is 5.02 Å². The first-order valence-corrected chi connectivity index (χ1v) is 5.53. The summed E-state index contributed by atoms with van der Waals surface area (Å²) in [4.78, 5) is 11.5. The number of aromatic nitrogens is 2. The smallest absolute Gasteiger partial charge is 0.158 e. The minimum absolute atomic E-state index is 0.204. The van der Waals surface area contributed by atoms with E-state index in [0.29, 0.717) is 5.02 Å². The first-order valence-electron chi connectivity index (χ1n) is 5.15. The summed E-state index contributed by atoms with van der Waals surface area (Å²) in [7, 11) is 0. The third-order valence-corrected chi connectivity index (χ3v) is 2.81. The van der Waals surface area contributed by atoms with E-state index in [1.54, 1.807) is 23.0 Å². The van der Waals surface area contributed by atoms with Crippen LogP contribution >= 0.6 is 11.6 Å². The highest BCUT2D eigenvalue weighted by atomic mass is 35.5. The molecule has 0 radical (unpaired) electrons. The van der Waals surface area contributed by atoms with Crippen molar-refractivity contribution in [3.8, 4) is 0 Å². The molecule has 0 amide bonds. The zero-order chi connectivity index (χ0) is 10.8. The second-order valence-corrected chi connectivity index (χ2v) is 4.11. The Morgan fingerprint density at radius 1 is 1.73 bits per heavy atom. The number of halogens is 1. The molecule has 0 atom stereocenters. The van der Waals surface area contributed by atoms with Crippen LogP contribution < -0.4 is 0 Å². The van der Waals surface area contributed by atoms with Crippen molar-refractivity contribution in [3.05, 3.63) is 23.0 Å². The maximum atomic E-state index is 11.5. The Labute approximate surface area is 93.7 Å². The largest absolute Gasteiger partial charge is 0.295 e. The fourth-order valence-corrected chi connectivity index (χ4v) is 1.66. The molecule has 1 fully saturated rings. The first-order chi connectivity index (χ1) is 7.22. The lowest BCUT2D eigenvalue weighted by Crippen LogP contribution is -2.00. The minimum Gasteiger partial charge on any atom is -0.295 e. The minimum atomic E-state index is 0.204. The third kappa shape index (κ3) is 2.29. The van der Waals surface area contributed by atoms with Crippen LogP contribution in [0.25, 0.3) is 6.08 Å². The SMILES string of the molecule is CCn1ncc(Cl)c1/C=C/C(=O)C1CC1. The van der Waals surface area contributed by atoms with Gasteiger partial charge in [-0.3, -0.25) is 9.48 Å². The highest BCUT2D eigenvalue weighted by molar-refractivity contribution is 6.31. The van der Waals surface area contributed by atoms with Crippen molar-refractivity contribution in [2.75, 3.05) is 0 Å². The van der Waals surface area contributed by atoms with Crippen molar-refractivity contribution < 1.29 is 4.79 Å². The number of hydrogen-bond acceptors (Lipinski definition) is 2. The van der Waals surface area contributed by atoms with E-state index in [1.165, 1.54) is 0 Å². The van der Waals surface area contributed by atoms with Crippen molar-refractivity contribution in [1.82, 2.24) is 9.78 Å². The predicted molar refractivity (Wildman–Crippen MR) is 59.7 cm³/mol. The van der Waals surface area contributed by atoms with Crippen molar-refractivity contribution in [2.45, 2.75) is 26.3 Å². The quantitative estimate of drug-likeness (QED) is 0.737. The molecule has 1 heterocycles. The van der Waals surface area contributed by atoms with Crippen LogP contribution in [0, 0.1) is 5.92 Å². The van der Waals surface area contributed by atoms with E-state index in [0.717, 1.165) is 25.1 Å². The van der Waals surface area contributed by atoms with Crippen molar-refractivity contribution in [3.63, 3.8) is 0 Å². The number of carbonyl (C=O) groups excluding carboxylic acids is 1. The topological polar surface area (TPSA) is 34.9 Å². The van der Waals surface area contributed by atoms with Crippen LogP contribution in [0.15, 0.2) is 12.3 Å². The van der Waals surface area contributed by atoms with Crippen LogP contribution in [0.5, 0.6) is 0 Å². The summed E-state index contributed by atoms with van der Waals surface area (Å²) >= 11 is 5.96. The summed E-state index contributed by atoms with van der Waals surface area (Å²) in [6, 6.07) is 0. The lowest BCUT2D eigenvalue weighted by molar-refractivity contribution is -0.115. The van der Waals surface area contributed by atoms with Gasteiger partial charge in [0.2, 0.25) is 0 Å². The molecular weight excluding hydrogens is 212 g/mol. The maximum Gasteiger partial charge on any atom is 0.158 e. The highest BCUT2D eigenvalue weighted by Gasteiger charge is 2.27. The van der Waals surface area contributed by atoms with E-state index in [9.17, 15) is 4.79 Å². The average molecular weight is 225 g/mol. The molecule has 1 aliphatic carbocycles.